The minimum Gasteiger partial charge on any atom is -0.352 e. The molecule has 4 rings (SSSR count). The van der Waals surface area contributed by atoms with Gasteiger partial charge in [-0.2, -0.15) is 0 Å². The van der Waals surface area contributed by atoms with Crippen molar-refractivity contribution in [2.45, 2.75) is 45.8 Å². The van der Waals surface area contributed by atoms with E-state index < -0.39 is 6.04 Å². The lowest BCUT2D eigenvalue weighted by Crippen LogP contribution is -2.55. The van der Waals surface area contributed by atoms with Crippen molar-refractivity contribution < 1.29 is 9.59 Å². The minimum atomic E-state index is -0.621. The Morgan fingerprint density at radius 1 is 0.968 bits per heavy atom. The molecule has 2 aromatic carbocycles. The Kier molecular flexibility index (Phi) is 5.93. The topological polar surface area (TPSA) is 79.3 Å². The van der Waals surface area contributed by atoms with Crippen molar-refractivity contribution in [1.29, 1.82) is 0 Å². The van der Waals surface area contributed by atoms with Crippen LogP contribution in [0.4, 0.5) is 10.7 Å². The van der Waals surface area contributed by atoms with Gasteiger partial charge in [-0.25, -0.2) is 9.78 Å². The Labute approximate surface area is 182 Å². The summed E-state index contributed by atoms with van der Waals surface area (Å²) in [6.45, 7) is 7.08. The van der Waals surface area contributed by atoms with E-state index in [4.69, 9.17) is 0 Å². The Hall–Kier alpha value is -3.35. The molecule has 0 radical (unpaired) electrons. The van der Waals surface area contributed by atoms with Crippen molar-refractivity contribution in [3.8, 4) is 0 Å². The van der Waals surface area contributed by atoms with Gasteiger partial charge in [-0.3, -0.25) is 9.69 Å². The van der Waals surface area contributed by atoms with Crippen molar-refractivity contribution in [1.82, 2.24) is 20.2 Å². The number of imidazole rings is 1. The highest BCUT2D eigenvalue weighted by atomic mass is 16.2. The molecule has 0 bridgehead atoms. The number of aromatic nitrogens is 2. The molecule has 0 aliphatic carbocycles. The first-order valence-corrected chi connectivity index (χ1v) is 10.8. The van der Waals surface area contributed by atoms with Gasteiger partial charge in [0, 0.05) is 19.1 Å². The van der Waals surface area contributed by atoms with Crippen molar-refractivity contribution in [2.24, 2.45) is 5.92 Å². The molecule has 1 aliphatic rings. The molecule has 1 aliphatic heterocycles. The number of urea groups is 1. The molecule has 3 amide bonds. The summed E-state index contributed by atoms with van der Waals surface area (Å²) in [4.78, 5) is 32.3. The minimum absolute atomic E-state index is 0.0379. The molecule has 7 nitrogen and oxygen atoms in total. The average Bonchev–Trinajstić information content (AvgIpc) is 3.31. The van der Waals surface area contributed by atoms with E-state index >= 15 is 0 Å². The molecule has 162 valence electrons. The standard InChI is InChI=1S/C24H29N5O2/c1-16(2)21(22(30)25-17(3)15-18-9-5-4-6-10-18)27-24(31)29-14-13-28-20-12-8-7-11-19(20)26-23(28)29/h4-12,16-17,21H,13-15H2,1-3H3,(H,25,30)(H,27,31)/t17-,21+/m1/s1. The van der Waals surface area contributed by atoms with Crippen molar-refractivity contribution >= 4 is 28.9 Å². The van der Waals surface area contributed by atoms with E-state index in [9.17, 15) is 9.59 Å². The largest absolute Gasteiger partial charge is 0.352 e. The first-order valence-electron chi connectivity index (χ1n) is 10.8. The summed E-state index contributed by atoms with van der Waals surface area (Å²) in [5, 5.41) is 5.99. The van der Waals surface area contributed by atoms with Gasteiger partial charge in [0.2, 0.25) is 11.9 Å². The van der Waals surface area contributed by atoms with Gasteiger partial charge in [-0.05, 0) is 37.0 Å². The molecule has 31 heavy (non-hydrogen) atoms. The highest BCUT2D eigenvalue weighted by Gasteiger charge is 2.32. The molecule has 2 heterocycles. The predicted octanol–water partition coefficient (Wildman–Crippen LogP) is 3.34. The van der Waals surface area contributed by atoms with Crippen molar-refractivity contribution in [2.75, 3.05) is 11.4 Å². The maximum Gasteiger partial charge on any atom is 0.324 e. The first-order chi connectivity index (χ1) is 14.9. The van der Waals surface area contributed by atoms with Crippen LogP contribution in [0.25, 0.3) is 11.0 Å². The second-order valence-electron chi connectivity index (χ2n) is 8.47. The van der Waals surface area contributed by atoms with Gasteiger partial charge < -0.3 is 15.2 Å². The van der Waals surface area contributed by atoms with Crippen LogP contribution in [-0.4, -0.2) is 40.1 Å². The zero-order valence-corrected chi connectivity index (χ0v) is 18.2. The van der Waals surface area contributed by atoms with Gasteiger partial charge >= 0.3 is 6.03 Å². The average molecular weight is 420 g/mol. The molecule has 2 atom stereocenters. The van der Waals surface area contributed by atoms with Gasteiger partial charge in [-0.15, -0.1) is 0 Å². The highest BCUT2D eigenvalue weighted by Crippen LogP contribution is 2.27. The molecule has 0 saturated carbocycles. The monoisotopic (exact) mass is 419 g/mol. The predicted molar refractivity (Wildman–Crippen MR) is 122 cm³/mol. The fourth-order valence-corrected chi connectivity index (χ4v) is 4.08. The van der Waals surface area contributed by atoms with Crippen LogP contribution in [-0.2, 0) is 17.8 Å². The van der Waals surface area contributed by atoms with Crippen LogP contribution in [0.1, 0.15) is 26.3 Å². The van der Waals surface area contributed by atoms with Crippen LogP contribution in [0.15, 0.2) is 54.6 Å². The summed E-state index contributed by atoms with van der Waals surface area (Å²) >= 11 is 0. The molecule has 2 N–H and O–H groups in total. The second kappa shape index (κ2) is 8.79. The summed E-state index contributed by atoms with van der Waals surface area (Å²) in [7, 11) is 0. The summed E-state index contributed by atoms with van der Waals surface area (Å²) < 4.78 is 2.04. The molecular weight excluding hydrogens is 390 g/mol. The number of hydrogen-bond donors (Lipinski definition) is 2. The van der Waals surface area contributed by atoms with Gasteiger partial charge in [0.05, 0.1) is 11.0 Å². The molecule has 0 saturated heterocycles. The SMILES string of the molecule is CC(C)[C@H](NC(=O)N1CCn2c1nc1ccccc12)C(=O)N[C@H](C)Cc1ccccc1. The van der Waals surface area contributed by atoms with Gasteiger partial charge in [0.15, 0.2) is 0 Å². The van der Waals surface area contributed by atoms with Crippen molar-refractivity contribution in [3.63, 3.8) is 0 Å². The van der Waals surface area contributed by atoms with E-state index in [2.05, 4.69) is 15.6 Å². The fourth-order valence-electron chi connectivity index (χ4n) is 4.08. The van der Waals surface area contributed by atoms with E-state index in [0.29, 0.717) is 19.0 Å². The molecule has 0 spiro atoms. The molecule has 0 fully saturated rings. The van der Waals surface area contributed by atoms with E-state index in [1.54, 1.807) is 4.90 Å². The molecule has 3 aromatic rings. The number of fused-ring (bicyclic) bond motifs is 3. The summed E-state index contributed by atoms with van der Waals surface area (Å²) in [6.07, 6.45) is 0.738. The van der Waals surface area contributed by atoms with Crippen LogP contribution in [0.2, 0.25) is 0 Å². The number of rotatable bonds is 6. The third kappa shape index (κ3) is 4.40. The number of nitrogens with zero attached hydrogens (tertiary/aromatic N) is 3. The number of amides is 3. The quantitative estimate of drug-likeness (QED) is 0.643. The van der Waals surface area contributed by atoms with E-state index in [0.717, 1.165) is 23.0 Å². The van der Waals surface area contributed by atoms with Gasteiger partial charge in [0.25, 0.3) is 0 Å². The normalized spacial score (nSPS) is 15.0. The first kappa shape index (κ1) is 20.9. The third-order valence-corrected chi connectivity index (χ3v) is 5.67. The molecular formula is C24H29N5O2. The Bertz CT molecular complexity index is 1080. The number of carbonyl (C=O) groups is 2. The van der Waals surface area contributed by atoms with E-state index in [1.165, 1.54) is 0 Å². The smallest absolute Gasteiger partial charge is 0.324 e. The Morgan fingerprint density at radius 2 is 1.68 bits per heavy atom. The number of carbonyl (C=O) groups excluding carboxylic acids is 2. The lowest BCUT2D eigenvalue weighted by atomic mass is 10.0. The molecule has 0 unspecified atom stereocenters. The van der Waals surface area contributed by atoms with Crippen LogP contribution in [0.3, 0.4) is 0 Å². The number of benzene rings is 2. The zero-order chi connectivity index (χ0) is 22.0. The fraction of sp³-hybridized carbons (Fsp3) is 0.375. The second-order valence-corrected chi connectivity index (χ2v) is 8.47. The van der Waals surface area contributed by atoms with Crippen LogP contribution >= 0.6 is 0 Å². The number of para-hydroxylation sites is 2. The third-order valence-electron chi connectivity index (χ3n) is 5.67. The number of anilines is 1. The number of nitrogens with one attached hydrogen (secondary N) is 2. The maximum absolute atomic E-state index is 13.1. The summed E-state index contributed by atoms with van der Waals surface area (Å²) in [6, 6.07) is 16.9. The lowest BCUT2D eigenvalue weighted by molar-refractivity contribution is -0.124. The highest BCUT2D eigenvalue weighted by molar-refractivity contribution is 5.96. The van der Waals surface area contributed by atoms with Crippen LogP contribution in [0, 0.1) is 5.92 Å². The van der Waals surface area contributed by atoms with E-state index in [1.807, 2.05) is 79.9 Å². The van der Waals surface area contributed by atoms with Crippen molar-refractivity contribution in [3.05, 3.63) is 60.2 Å². The zero-order valence-electron chi connectivity index (χ0n) is 18.2. The van der Waals surface area contributed by atoms with Gasteiger partial charge in [-0.1, -0.05) is 56.3 Å². The van der Waals surface area contributed by atoms with E-state index in [-0.39, 0.29) is 23.9 Å². The van der Waals surface area contributed by atoms with Gasteiger partial charge in [0.1, 0.15) is 6.04 Å². The Balaban J connectivity index is 1.43. The molecule has 7 heteroatoms. The lowest BCUT2D eigenvalue weighted by Gasteiger charge is -2.26. The Morgan fingerprint density at radius 3 is 2.42 bits per heavy atom. The maximum atomic E-state index is 13.1. The van der Waals surface area contributed by atoms with Crippen LogP contribution < -0.4 is 15.5 Å². The summed E-state index contributed by atoms with van der Waals surface area (Å²) in [5.41, 5.74) is 3.04. The van der Waals surface area contributed by atoms with Crippen LogP contribution in [0.5, 0.6) is 0 Å². The summed E-state index contributed by atoms with van der Waals surface area (Å²) in [5.74, 6) is 0.410. The number of hydrogen-bond acceptors (Lipinski definition) is 3. The molecule has 1 aromatic heterocycles.